The van der Waals surface area contributed by atoms with Crippen molar-refractivity contribution in [2.45, 2.75) is 6.92 Å². The molecule has 0 aliphatic rings. The van der Waals surface area contributed by atoms with Crippen LogP contribution in [0.1, 0.15) is 11.1 Å². The molecule has 0 saturated carbocycles. The third-order valence-electron chi connectivity index (χ3n) is 4.55. The van der Waals surface area contributed by atoms with E-state index < -0.39 is 17.1 Å². The van der Waals surface area contributed by atoms with Gasteiger partial charge in [-0.15, -0.1) is 0 Å². The van der Waals surface area contributed by atoms with Crippen molar-refractivity contribution in [3.05, 3.63) is 85.0 Å². The predicted octanol–water partition coefficient (Wildman–Crippen LogP) is 3.31. The monoisotopic (exact) mass is 516 g/mol. The molecule has 2 aromatic carbocycles. The van der Waals surface area contributed by atoms with E-state index in [1.807, 2.05) is 25.1 Å². The molecular weight excluding hydrogens is 496 g/mol. The number of aliphatic imine (C=N–C) groups is 1. The number of nitrogens with one attached hydrogen (secondary N) is 1. The molecule has 0 unspecified atom stereocenters. The Bertz CT molecular complexity index is 1310. The number of thioether (sulfide) groups is 1. The van der Waals surface area contributed by atoms with Gasteiger partial charge in [0, 0.05) is 24.3 Å². The molecule has 0 saturated heterocycles. The summed E-state index contributed by atoms with van der Waals surface area (Å²) in [5.74, 6) is -0.882. The van der Waals surface area contributed by atoms with Gasteiger partial charge >= 0.3 is 5.69 Å². The molecule has 0 aliphatic heterocycles. The fourth-order valence-corrected chi connectivity index (χ4v) is 3.96. The maximum Gasteiger partial charge on any atom is 0.333 e. The van der Waals surface area contributed by atoms with Crippen LogP contribution >= 0.6 is 27.7 Å². The predicted molar refractivity (Wildman–Crippen MR) is 131 cm³/mol. The molecular formula is C22H21BrN4O4S. The molecule has 166 valence electrons. The summed E-state index contributed by atoms with van der Waals surface area (Å²) >= 11 is 4.34. The molecule has 10 heteroatoms. The highest BCUT2D eigenvalue weighted by Crippen LogP contribution is 2.24. The van der Waals surface area contributed by atoms with Crippen molar-refractivity contribution in [1.82, 2.24) is 9.13 Å². The summed E-state index contributed by atoms with van der Waals surface area (Å²) in [6, 6.07) is 14.4. The van der Waals surface area contributed by atoms with Crippen molar-refractivity contribution in [3.8, 4) is 5.88 Å². The van der Waals surface area contributed by atoms with Crippen LogP contribution in [0.2, 0.25) is 0 Å². The minimum Gasteiger partial charge on any atom is -0.494 e. The van der Waals surface area contributed by atoms with Gasteiger partial charge in [0.15, 0.2) is 0 Å². The number of hydrogen-bond acceptors (Lipinski definition) is 6. The molecule has 1 amide bonds. The molecule has 0 radical (unpaired) electrons. The van der Waals surface area contributed by atoms with Crippen molar-refractivity contribution in [2.75, 3.05) is 11.1 Å². The number of carbonyl (C=O) groups excluding carboxylic acids is 1. The van der Waals surface area contributed by atoms with Crippen LogP contribution in [-0.4, -0.2) is 30.9 Å². The Morgan fingerprint density at radius 2 is 1.81 bits per heavy atom. The zero-order valence-electron chi connectivity index (χ0n) is 17.6. The molecule has 1 heterocycles. The van der Waals surface area contributed by atoms with Crippen LogP contribution in [-0.2, 0) is 18.9 Å². The second-order valence-electron chi connectivity index (χ2n) is 7.00. The van der Waals surface area contributed by atoms with Gasteiger partial charge in [0.1, 0.15) is 10.6 Å². The Morgan fingerprint density at radius 3 is 2.47 bits per heavy atom. The molecule has 3 aromatic rings. The van der Waals surface area contributed by atoms with Crippen LogP contribution in [0.4, 0.5) is 11.4 Å². The Balaban J connectivity index is 1.98. The van der Waals surface area contributed by atoms with E-state index in [0.29, 0.717) is 11.4 Å². The first-order chi connectivity index (χ1) is 15.2. The number of anilines is 1. The van der Waals surface area contributed by atoms with E-state index >= 15 is 0 Å². The van der Waals surface area contributed by atoms with Crippen molar-refractivity contribution >= 4 is 50.0 Å². The number of aromatic hydroxyl groups is 1. The molecule has 0 aliphatic carbocycles. The van der Waals surface area contributed by atoms with E-state index in [0.717, 1.165) is 30.9 Å². The first-order valence-corrected chi connectivity index (χ1v) is 11.3. The van der Waals surface area contributed by atoms with Gasteiger partial charge in [0.2, 0.25) is 11.8 Å². The Hall–Kier alpha value is -3.11. The highest BCUT2D eigenvalue weighted by Gasteiger charge is 2.22. The number of benzene rings is 2. The highest BCUT2D eigenvalue weighted by molar-refractivity contribution is 9.10. The zero-order valence-corrected chi connectivity index (χ0v) is 20.0. The topological polar surface area (TPSA) is 106 Å². The molecule has 1 aromatic heterocycles. The van der Waals surface area contributed by atoms with Gasteiger partial charge < -0.3 is 10.4 Å². The largest absolute Gasteiger partial charge is 0.494 e. The first-order valence-electron chi connectivity index (χ1n) is 9.50. The lowest BCUT2D eigenvalue weighted by molar-refractivity contribution is -0.113. The second-order valence-corrected chi connectivity index (χ2v) is 8.88. The van der Waals surface area contributed by atoms with E-state index in [-0.39, 0.29) is 22.3 Å². The van der Waals surface area contributed by atoms with E-state index in [4.69, 9.17) is 0 Å². The number of nitrogens with zero attached hydrogens (tertiary/aromatic N) is 3. The summed E-state index contributed by atoms with van der Waals surface area (Å²) in [6.07, 6.45) is 0. The van der Waals surface area contributed by atoms with Crippen LogP contribution in [0.25, 0.3) is 0 Å². The quantitative estimate of drug-likeness (QED) is 0.399. The van der Waals surface area contributed by atoms with Crippen molar-refractivity contribution in [3.63, 3.8) is 0 Å². The molecule has 0 spiro atoms. The molecule has 8 nitrogen and oxygen atoms in total. The van der Waals surface area contributed by atoms with E-state index in [1.165, 1.54) is 14.1 Å². The van der Waals surface area contributed by atoms with E-state index in [2.05, 4.69) is 26.2 Å². The summed E-state index contributed by atoms with van der Waals surface area (Å²) in [6.45, 7) is 1.90. The third-order valence-corrected chi connectivity index (χ3v) is 6.05. The molecule has 3 rings (SSSR count). The molecule has 0 fully saturated rings. The normalized spacial score (nSPS) is 11.4. The van der Waals surface area contributed by atoms with Crippen molar-refractivity contribution in [1.29, 1.82) is 0 Å². The van der Waals surface area contributed by atoms with E-state index in [9.17, 15) is 19.5 Å². The first kappa shape index (κ1) is 23.6. The van der Waals surface area contributed by atoms with Gasteiger partial charge in [-0.05, 0) is 48.9 Å². The Morgan fingerprint density at radius 1 is 1.12 bits per heavy atom. The fraction of sp³-hybridized carbons (Fsp3) is 0.182. The second kappa shape index (κ2) is 10.0. The number of amides is 1. The molecule has 32 heavy (non-hydrogen) atoms. The van der Waals surface area contributed by atoms with Crippen LogP contribution < -0.4 is 16.6 Å². The van der Waals surface area contributed by atoms with Crippen LogP contribution in [0.3, 0.4) is 0 Å². The number of hydrogen-bond donors (Lipinski definition) is 2. The smallest absolute Gasteiger partial charge is 0.333 e. The minimum absolute atomic E-state index is 0.0633. The van der Waals surface area contributed by atoms with Gasteiger partial charge in [-0.2, -0.15) is 0 Å². The molecule has 2 N–H and O–H groups in total. The summed E-state index contributed by atoms with van der Waals surface area (Å²) in [4.78, 5) is 42.0. The maximum atomic E-state index is 12.8. The lowest BCUT2D eigenvalue weighted by atomic mass is 10.2. The summed E-state index contributed by atoms with van der Waals surface area (Å²) in [5.41, 5.74) is 0.633. The lowest BCUT2D eigenvalue weighted by Crippen LogP contribution is -2.39. The van der Waals surface area contributed by atoms with Gasteiger partial charge in [0.25, 0.3) is 5.56 Å². The average Bonchev–Trinajstić information content (AvgIpc) is 2.76. The molecule has 0 atom stereocenters. The third kappa shape index (κ3) is 5.38. The SMILES string of the molecule is Cc1cccc(N=C(SCC(=O)Nc2ccc(Br)cc2)c2c(O)n(C)c(=O)n(C)c2=O)c1. The zero-order chi connectivity index (χ0) is 23.4. The van der Waals surface area contributed by atoms with Gasteiger partial charge in [-0.1, -0.05) is 39.8 Å². The summed E-state index contributed by atoms with van der Waals surface area (Å²) in [7, 11) is 2.68. The van der Waals surface area contributed by atoms with Crippen molar-refractivity contribution < 1.29 is 9.90 Å². The van der Waals surface area contributed by atoms with Gasteiger partial charge in [-0.25, -0.2) is 9.79 Å². The molecule has 0 bridgehead atoms. The Labute approximate surface area is 196 Å². The van der Waals surface area contributed by atoms with Crippen LogP contribution in [0.15, 0.2) is 67.6 Å². The standard InChI is InChI=1S/C22H21BrN4O4S/c1-13-5-4-6-16(11-13)25-19(18-20(29)26(2)22(31)27(3)21(18)30)32-12-17(28)24-15-9-7-14(23)8-10-15/h4-11,29H,12H2,1-3H3,(H,24,28). The number of aromatic nitrogens is 2. The van der Waals surface area contributed by atoms with Crippen molar-refractivity contribution in [2.24, 2.45) is 19.1 Å². The van der Waals surface area contributed by atoms with E-state index in [1.54, 1.807) is 30.3 Å². The Kier molecular flexibility index (Phi) is 7.37. The number of rotatable bonds is 5. The highest BCUT2D eigenvalue weighted by atomic mass is 79.9. The number of carbonyl (C=O) groups is 1. The summed E-state index contributed by atoms with van der Waals surface area (Å²) < 4.78 is 2.74. The maximum absolute atomic E-state index is 12.8. The van der Waals surface area contributed by atoms with Crippen LogP contribution in [0.5, 0.6) is 5.88 Å². The van der Waals surface area contributed by atoms with Gasteiger partial charge in [-0.3, -0.25) is 18.7 Å². The summed E-state index contributed by atoms with van der Waals surface area (Å²) in [5, 5.41) is 13.5. The lowest BCUT2D eigenvalue weighted by Gasteiger charge is -2.12. The average molecular weight is 517 g/mol. The van der Waals surface area contributed by atoms with Crippen LogP contribution in [0, 0.1) is 6.92 Å². The minimum atomic E-state index is -0.696. The fourth-order valence-electron chi connectivity index (χ4n) is 2.86. The van der Waals surface area contributed by atoms with Gasteiger partial charge in [0.05, 0.1) is 11.4 Å². The number of aryl methyl sites for hydroxylation is 1. The number of halogens is 1.